The lowest BCUT2D eigenvalue weighted by molar-refractivity contribution is -0.137. The SMILES string of the molecule is N#CC1CCN(c2nccnc2C2CN(c3nc(Cl)c4ccc(C(F)(F)F)cc4n3)C2)CC1. The van der Waals surface area contributed by atoms with Crippen molar-refractivity contribution in [2.24, 2.45) is 5.92 Å². The van der Waals surface area contributed by atoms with Crippen LogP contribution in [0.4, 0.5) is 24.9 Å². The van der Waals surface area contributed by atoms with Crippen molar-refractivity contribution >= 4 is 34.3 Å². The lowest BCUT2D eigenvalue weighted by atomic mass is 9.94. The number of nitrogens with zero attached hydrogens (tertiary/aromatic N) is 7. The third kappa shape index (κ3) is 4.13. The van der Waals surface area contributed by atoms with E-state index in [-0.39, 0.29) is 22.5 Å². The number of hydrogen-bond acceptors (Lipinski definition) is 7. The van der Waals surface area contributed by atoms with Gasteiger partial charge in [0.15, 0.2) is 5.82 Å². The van der Waals surface area contributed by atoms with Gasteiger partial charge < -0.3 is 9.80 Å². The summed E-state index contributed by atoms with van der Waals surface area (Å²) >= 11 is 6.25. The lowest BCUT2D eigenvalue weighted by Crippen LogP contribution is -2.47. The molecule has 0 aliphatic carbocycles. The second kappa shape index (κ2) is 8.30. The molecule has 0 bridgehead atoms. The smallest absolute Gasteiger partial charge is 0.355 e. The zero-order valence-corrected chi connectivity index (χ0v) is 18.2. The van der Waals surface area contributed by atoms with Crippen LogP contribution in [0, 0.1) is 17.2 Å². The summed E-state index contributed by atoms with van der Waals surface area (Å²) in [6.45, 7) is 2.62. The number of piperidine rings is 1. The lowest BCUT2D eigenvalue weighted by Gasteiger charge is -2.40. The molecule has 2 saturated heterocycles. The van der Waals surface area contributed by atoms with Crippen molar-refractivity contribution in [2.75, 3.05) is 36.0 Å². The van der Waals surface area contributed by atoms with E-state index in [1.807, 2.05) is 4.90 Å². The van der Waals surface area contributed by atoms with E-state index in [9.17, 15) is 13.2 Å². The highest BCUT2D eigenvalue weighted by molar-refractivity contribution is 6.34. The van der Waals surface area contributed by atoms with Crippen molar-refractivity contribution < 1.29 is 13.2 Å². The van der Waals surface area contributed by atoms with Crippen LogP contribution in [0.25, 0.3) is 10.9 Å². The summed E-state index contributed by atoms with van der Waals surface area (Å²) in [4.78, 5) is 21.8. The van der Waals surface area contributed by atoms with Crippen molar-refractivity contribution in [3.63, 3.8) is 0 Å². The van der Waals surface area contributed by atoms with E-state index in [1.54, 1.807) is 12.4 Å². The molecule has 0 atom stereocenters. The molecular formula is C22H19ClF3N7. The fourth-order valence-corrected chi connectivity index (χ4v) is 4.54. The van der Waals surface area contributed by atoms with Gasteiger partial charge in [-0.3, -0.25) is 4.98 Å². The van der Waals surface area contributed by atoms with E-state index in [0.29, 0.717) is 24.4 Å². The summed E-state index contributed by atoms with van der Waals surface area (Å²) < 4.78 is 39.3. The van der Waals surface area contributed by atoms with Gasteiger partial charge in [0, 0.05) is 55.8 Å². The van der Waals surface area contributed by atoms with Crippen LogP contribution < -0.4 is 9.80 Å². The first kappa shape index (κ1) is 21.6. The second-order valence-electron chi connectivity index (χ2n) is 8.30. The fourth-order valence-electron chi connectivity index (χ4n) is 4.31. The zero-order valence-electron chi connectivity index (χ0n) is 17.4. The number of anilines is 2. The van der Waals surface area contributed by atoms with Crippen LogP contribution in [0.3, 0.4) is 0 Å². The maximum atomic E-state index is 13.1. The van der Waals surface area contributed by atoms with Gasteiger partial charge in [-0.2, -0.15) is 18.4 Å². The van der Waals surface area contributed by atoms with Gasteiger partial charge in [0.05, 0.1) is 22.8 Å². The second-order valence-corrected chi connectivity index (χ2v) is 8.66. The third-order valence-electron chi connectivity index (χ3n) is 6.20. The van der Waals surface area contributed by atoms with Crippen molar-refractivity contribution in [1.82, 2.24) is 19.9 Å². The monoisotopic (exact) mass is 473 g/mol. The molecule has 5 rings (SSSR count). The van der Waals surface area contributed by atoms with Crippen LogP contribution in [0.15, 0.2) is 30.6 Å². The molecule has 0 spiro atoms. The highest BCUT2D eigenvalue weighted by Crippen LogP contribution is 2.37. The number of fused-ring (bicyclic) bond motifs is 1. The first-order chi connectivity index (χ1) is 15.8. The summed E-state index contributed by atoms with van der Waals surface area (Å²) in [7, 11) is 0. The normalized spacial score (nSPS) is 17.8. The van der Waals surface area contributed by atoms with Gasteiger partial charge in [0.1, 0.15) is 5.15 Å². The van der Waals surface area contributed by atoms with Gasteiger partial charge in [0.25, 0.3) is 0 Å². The minimum atomic E-state index is -4.46. The van der Waals surface area contributed by atoms with E-state index >= 15 is 0 Å². The van der Waals surface area contributed by atoms with E-state index in [0.717, 1.165) is 49.6 Å². The van der Waals surface area contributed by atoms with Crippen molar-refractivity contribution in [2.45, 2.75) is 24.9 Å². The summed E-state index contributed by atoms with van der Waals surface area (Å²) in [5.41, 5.74) is 0.251. The van der Waals surface area contributed by atoms with Crippen LogP contribution in [0.1, 0.15) is 30.0 Å². The molecule has 170 valence electrons. The molecule has 7 nitrogen and oxygen atoms in total. The Kier molecular flexibility index (Phi) is 5.44. The molecular weight excluding hydrogens is 455 g/mol. The average molecular weight is 474 g/mol. The van der Waals surface area contributed by atoms with Crippen molar-refractivity contribution in [1.29, 1.82) is 5.26 Å². The van der Waals surface area contributed by atoms with Gasteiger partial charge in [-0.15, -0.1) is 0 Å². The largest absolute Gasteiger partial charge is 0.416 e. The third-order valence-corrected chi connectivity index (χ3v) is 6.49. The number of nitriles is 1. The minimum absolute atomic E-state index is 0.0771. The van der Waals surface area contributed by atoms with Crippen LogP contribution in [-0.4, -0.2) is 46.1 Å². The Morgan fingerprint density at radius 3 is 2.45 bits per heavy atom. The standard InChI is InChI=1S/C22H19ClF3N7/c23-19-16-2-1-15(22(24,25)26)9-17(16)30-21(31-19)33-11-14(12-33)18-20(29-6-5-28-18)32-7-3-13(10-27)4-8-32/h1-2,5-6,9,13-14H,3-4,7-8,11-12H2. The Morgan fingerprint density at radius 1 is 1.03 bits per heavy atom. The van der Waals surface area contributed by atoms with Gasteiger partial charge in [0.2, 0.25) is 5.95 Å². The van der Waals surface area contributed by atoms with Crippen LogP contribution >= 0.6 is 11.6 Å². The molecule has 3 aromatic rings. The first-order valence-corrected chi connectivity index (χ1v) is 11.0. The van der Waals surface area contributed by atoms with E-state index < -0.39 is 11.7 Å². The minimum Gasteiger partial charge on any atom is -0.355 e. The number of alkyl halides is 3. The van der Waals surface area contributed by atoms with Gasteiger partial charge >= 0.3 is 6.18 Å². The van der Waals surface area contributed by atoms with Crippen LogP contribution in [-0.2, 0) is 6.18 Å². The van der Waals surface area contributed by atoms with Crippen LogP contribution in [0.2, 0.25) is 5.15 Å². The van der Waals surface area contributed by atoms with Gasteiger partial charge in [-0.1, -0.05) is 11.6 Å². The Balaban J connectivity index is 1.35. The Labute approximate surface area is 192 Å². The molecule has 0 amide bonds. The molecule has 2 fully saturated rings. The molecule has 1 aromatic carbocycles. The zero-order chi connectivity index (χ0) is 23.2. The van der Waals surface area contributed by atoms with Crippen molar-refractivity contribution in [3.05, 3.63) is 47.0 Å². The molecule has 2 aliphatic rings. The molecule has 0 N–H and O–H groups in total. The molecule has 0 saturated carbocycles. The quantitative estimate of drug-likeness (QED) is 0.520. The fraction of sp³-hybridized carbons (Fsp3) is 0.409. The average Bonchev–Trinajstić information content (AvgIpc) is 2.78. The van der Waals surface area contributed by atoms with Crippen molar-refractivity contribution in [3.8, 4) is 6.07 Å². The molecule has 2 aromatic heterocycles. The molecule has 4 heterocycles. The highest BCUT2D eigenvalue weighted by Gasteiger charge is 2.36. The van der Waals surface area contributed by atoms with E-state index in [2.05, 4.69) is 30.9 Å². The number of hydrogen-bond donors (Lipinski definition) is 0. The molecule has 33 heavy (non-hydrogen) atoms. The Bertz CT molecular complexity index is 1230. The first-order valence-electron chi connectivity index (χ1n) is 10.6. The predicted molar refractivity (Wildman–Crippen MR) is 117 cm³/mol. The Morgan fingerprint density at radius 2 is 1.76 bits per heavy atom. The van der Waals surface area contributed by atoms with Gasteiger partial charge in [-0.25, -0.2) is 15.0 Å². The topological polar surface area (TPSA) is 81.8 Å². The maximum absolute atomic E-state index is 13.1. The van der Waals surface area contributed by atoms with E-state index in [4.69, 9.17) is 16.9 Å². The molecule has 11 heteroatoms. The molecule has 2 aliphatic heterocycles. The predicted octanol–water partition coefficient (Wildman–Crippen LogP) is 4.44. The summed E-state index contributed by atoms with van der Waals surface area (Å²) in [5.74, 6) is 1.28. The molecule has 0 radical (unpaired) electrons. The number of halogens is 4. The number of rotatable bonds is 3. The number of aromatic nitrogens is 4. The summed E-state index contributed by atoms with van der Waals surface area (Å²) in [6, 6.07) is 5.60. The highest BCUT2D eigenvalue weighted by atomic mass is 35.5. The Hall–Kier alpha value is -3.19. The molecule has 0 unspecified atom stereocenters. The maximum Gasteiger partial charge on any atom is 0.416 e. The van der Waals surface area contributed by atoms with Crippen LogP contribution in [0.5, 0.6) is 0 Å². The van der Waals surface area contributed by atoms with E-state index in [1.165, 1.54) is 6.07 Å². The summed E-state index contributed by atoms with van der Waals surface area (Å²) in [5, 5.41) is 9.63. The number of benzene rings is 1. The van der Waals surface area contributed by atoms with Gasteiger partial charge in [-0.05, 0) is 31.0 Å². The summed E-state index contributed by atoms with van der Waals surface area (Å²) in [6.07, 6.45) is 0.457.